The van der Waals surface area contributed by atoms with Crippen LogP contribution in [0.5, 0.6) is 0 Å². The highest BCUT2D eigenvalue weighted by Crippen LogP contribution is 2.34. The first-order valence-corrected chi connectivity index (χ1v) is 9.66. The van der Waals surface area contributed by atoms with Crippen molar-refractivity contribution in [3.8, 4) is 0 Å². The molecule has 1 atom stereocenters. The Kier molecular flexibility index (Phi) is 7.12. The Morgan fingerprint density at radius 3 is 2.83 bits per heavy atom. The van der Waals surface area contributed by atoms with E-state index in [0.29, 0.717) is 20.2 Å². The third kappa shape index (κ3) is 5.07. The number of amides is 1. The van der Waals surface area contributed by atoms with Crippen LogP contribution in [0.3, 0.4) is 0 Å². The molecule has 1 amide bonds. The summed E-state index contributed by atoms with van der Waals surface area (Å²) in [5.74, 6) is 0.540. The molecule has 1 fully saturated rings. The zero-order valence-electron chi connectivity index (χ0n) is 13.5. The van der Waals surface area contributed by atoms with Crippen LogP contribution in [0.4, 0.5) is 0 Å². The highest BCUT2D eigenvalue weighted by atomic mass is 35.5. The Bertz CT molecular complexity index is 615. The number of unbranched alkanes of at least 4 members (excludes halogenated alkanes) is 1. The second-order valence-corrected chi connectivity index (χ2v) is 7.88. The van der Waals surface area contributed by atoms with Crippen molar-refractivity contribution in [2.75, 3.05) is 6.54 Å². The molecule has 1 aromatic carbocycles. The van der Waals surface area contributed by atoms with Crippen LogP contribution in [0.15, 0.2) is 29.2 Å². The van der Waals surface area contributed by atoms with E-state index >= 15 is 0 Å². The Balaban J connectivity index is 2.10. The highest BCUT2D eigenvalue weighted by molar-refractivity contribution is 8.26. The van der Waals surface area contributed by atoms with Crippen LogP contribution in [0.1, 0.15) is 45.1 Å². The van der Waals surface area contributed by atoms with E-state index in [0.717, 1.165) is 24.9 Å². The normalized spacial score (nSPS) is 18.0. The topological polar surface area (TPSA) is 20.3 Å². The molecule has 0 bridgehead atoms. The molecule has 1 heterocycles. The van der Waals surface area contributed by atoms with Crippen LogP contribution in [-0.2, 0) is 4.79 Å². The monoisotopic (exact) mass is 367 g/mol. The summed E-state index contributed by atoms with van der Waals surface area (Å²) in [6, 6.07) is 7.50. The first kappa shape index (κ1) is 18.5. The number of thiocarbonyl (C=S) groups is 1. The van der Waals surface area contributed by atoms with Crippen molar-refractivity contribution in [1.82, 2.24) is 4.90 Å². The van der Waals surface area contributed by atoms with E-state index < -0.39 is 0 Å². The number of halogens is 1. The summed E-state index contributed by atoms with van der Waals surface area (Å²) in [7, 11) is 0. The molecule has 23 heavy (non-hydrogen) atoms. The maximum Gasteiger partial charge on any atom is 0.266 e. The van der Waals surface area contributed by atoms with E-state index in [1.54, 1.807) is 4.90 Å². The predicted octanol–water partition coefficient (Wildman–Crippen LogP) is 5.76. The van der Waals surface area contributed by atoms with Crippen LogP contribution in [0.25, 0.3) is 6.08 Å². The number of thioether (sulfide) groups is 1. The van der Waals surface area contributed by atoms with E-state index in [9.17, 15) is 4.79 Å². The smallest absolute Gasteiger partial charge is 0.266 e. The molecule has 0 spiro atoms. The van der Waals surface area contributed by atoms with Crippen molar-refractivity contribution >= 4 is 51.9 Å². The molecule has 0 saturated carbocycles. The number of hydrogen-bond donors (Lipinski definition) is 0. The lowest BCUT2D eigenvalue weighted by Crippen LogP contribution is -2.33. The summed E-state index contributed by atoms with van der Waals surface area (Å²) in [4.78, 5) is 15.1. The molecule has 124 valence electrons. The van der Waals surface area contributed by atoms with Gasteiger partial charge in [0.1, 0.15) is 4.32 Å². The Hall–Kier alpha value is -0.840. The zero-order chi connectivity index (χ0) is 16.8. The summed E-state index contributed by atoms with van der Waals surface area (Å²) >= 11 is 12.8. The molecule has 2 nitrogen and oxygen atoms in total. The van der Waals surface area contributed by atoms with Gasteiger partial charge >= 0.3 is 0 Å². The van der Waals surface area contributed by atoms with Crippen LogP contribution >= 0.6 is 35.6 Å². The van der Waals surface area contributed by atoms with Crippen molar-refractivity contribution in [2.45, 2.75) is 39.5 Å². The molecule has 5 heteroatoms. The minimum Gasteiger partial charge on any atom is -0.293 e. The van der Waals surface area contributed by atoms with Gasteiger partial charge in [-0.05, 0) is 36.1 Å². The third-order valence-electron chi connectivity index (χ3n) is 4.00. The van der Waals surface area contributed by atoms with Gasteiger partial charge in [-0.25, -0.2) is 0 Å². The number of hydrogen-bond acceptors (Lipinski definition) is 3. The van der Waals surface area contributed by atoms with Gasteiger partial charge < -0.3 is 0 Å². The van der Waals surface area contributed by atoms with E-state index in [2.05, 4.69) is 13.8 Å². The molecule has 0 N–H and O–H groups in total. The Morgan fingerprint density at radius 2 is 2.17 bits per heavy atom. The van der Waals surface area contributed by atoms with Gasteiger partial charge in [-0.3, -0.25) is 9.69 Å². The first-order chi connectivity index (χ1) is 11.0. The molecule has 1 aliphatic rings. The first-order valence-electron chi connectivity index (χ1n) is 8.06. The fraction of sp³-hybridized carbons (Fsp3) is 0.444. The minimum atomic E-state index is 0.0231. The minimum absolute atomic E-state index is 0.0231. The van der Waals surface area contributed by atoms with Gasteiger partial charge in [0.15, 0.2) is 0 Å². The number of carbonyl (C=O) groups is 1. The van der Waals surface area contributed by atoms with Crippen LogP contribution in [0, 0.1) is 5.92 Å². The molecule has 2 rings (SSSR count). The lowest BCUT2D eigenvalue weighted by atomic mass is 9.99. The van der Waals surface area contributed by atoms with Crippen molar-refractivity contribution < 1.29 is 4.79 Å². The largest absolute Gasteiger partial charge is 0.293 e. The molecule has 1 aromatic rings. The SMILES string of the molecule is CCCC[C@@H](CC)CN1C(=O)/C(=C/c2cccc(Cl)c2)SC1=S. The summed E-state index contributed by atoms with van der Waals surface area (Å²) in [5, 5.41) is 0.667. The number of benzene rings is 1. The summed E-state index contributed by atoms with van der Waals surface area (Å²) < 4.78 is 0.665. The zero-order valence-corrected chi connectivity index (χ0v) is 15.9. The van der Waals surface area contributed by atoms with E-state index in [1.807, 2.05) is 30.3 Å². The summed E-state index contributed by atoms with van der Waals surface area (Å²) in [6.45, 7) is 5.11. The van der Waals surface area contributed by atoms with Crippen LogP contribution in [0.2, 0.25) is 5.02 Å². The lowest BCUT2D eigenvalue weighted by molar-refractivity contribution is -0.122. The van der Waals surface area contributed by atoms with E-state index in [1.165, 1.54) is 24.6 Å². The van der Waals surface area contributed by atoms with Crippen molar-refractivity contribution in [3.05, 3.63) is 39.8 Å². The molecule has 0 aromatic heterocycles. The van der Waals surface area contributed by atoms with Gasteiger partial charge in [-0.15, -0.1) is 0 Å². The van der Waals surface area contributed by atoms with Gasteiger partial charge in [0.2, 0.25) is 0 Å². The average Bonchev–Trinajstić information content (AvgIpc) is 2.78. The molecule has 1 saturated heterocycles. The van der Waals surface area contributed by atoms with Crippen molar-refractivity contribution in [3.63, 3.8) is 0 Å². The number of rotatable bonds is 7. The standard InChI is InChI=1S/C18H22ClNOS2/c1-3-5-7-13(4-2)12-20-17(21)16(23-18(20)22)11-14-8-6-9-15(19)10-14/h6,8-11,13H,3-5,7,12H2,1-2H3/b16-11-/t13-/m1/s1. The number of nitrogens with zero attached hydrogens (tertiary/aromatic N) is 1. The molecular formula is C18H22ClNOS2. The lowest BCUT2D eigenvalue weighted by Gasteiger charge is -2.21. The van der Waals surface area contributed by atoms with Gasteiger partial charge in [0.25, 0.3) is 5.91 Å². The van der Waals surface area contributed by atoms with E-state index in [-0.39, 0.29) is 5.91 Å². The quantitative estimate of drug-likeness (QED) is 0.451. The van der Waals surface area contributed by atoms with Gasteiger partial charge in [-0.2, -0.15) is 0 Å². The van der Waals surface area contributed by atoms with E-state index in [4.69, 9.17) is 23.8 Å². The van der Waals surface area contributed by atoms with Crippen LogP contribution in [-0.4, -0.2) is 21.7 Å². The molecule has 1 aliphatic heterocycles. The molecule has 0 radical (unpaired) electrons. The maximum atomic E-state index is 12.6. The number of carbonyl (C=O) groups excluding carboxylic acids is 1. The maximum absolute atomic E-state index is 12.6. The van der Waals surface area contributed by atoms with Gasteiger partial charge in [-0.1, -0.05) is 80.8 Å². The predicted molar refractivity (Wildman–Crippen MR) is 105 cm³/mol. The molecule has 0 aliphatic carbocycles. The average molecular weight is 368 g/mol. The third-order valence-corrected chi connectivity index (χ3v) is 5.62. The second-order valence-electron chi connectivity index (χ2n) is 5.76. The highest BCUT2D eigenvalue weighted by Gasteiger charge is 2.33. The second kappa shape index (κ2) is 8.86. The Morgan fingerprint density at radius 1 is 1.39 bits per heavy atom. The fourth-order valence-electron chi connectivity index (χ4n) is 2.58. The summed E-state index contributed by atoms with van der Waals surface area (Å²) in [5.41, 5.74) is 0.927. The van der Waals surface area contributed by atoms with Gasteiger partial charge in [0.05, 0.1) is 4.91 Å². The van der Waals surface area contributed by atoms with Gasteiger partial charge in [0, 0.05) is 11.6 Å². The van der Waals surface area contributed by atoms with Crippen molar-refractivity contribution in [2.24, 2.45) is 5.92 Å². The molecular weight excluding hydrogens is 346 g/mol. The molecule has 0 unspecified atom stereocenters. The fourth-order valence-corrected chi connectivity index (χ4v) is 4.05. The van der Waals surface area contributed by atoms with Crippen LogP contribution < -0.4 is 0 Å². The van der Waals surface area contributed by atoms with Crippen molar-refractivity contribution in [1.29, 1.82) is 0 Å². The Labute approximate surface area is 153 Å². The summed E-state index contributed by atoms with van der Waals surface area (Å²) in [6.07, 6.45) is 6.48.